The lowest BCUT2D eigenvalue weighted by Crippen LogP contribution is -2.28. The Kier molecular flexibility index (Phi) is 6.96. The normalized spacial score (nSPS) is 10.6. The third-order valence-electron chi connectivity index (χ3n) is 3.97. The number of rotatable bonds is 6. The summed E-state index contributed by atoms with van der Waals surface area (Å²) in [5, 5.41) is 19.1. The highest BCUT2D eigenvalue weighted by molar-refractivity contribution is 5.93. The molecule has 0 atom stereocenters. The Hall–Kier alpha value is -3.82. The second-order valence-corrected chi connectivity index (χ2v) is 5.87. The summed E-state index contributed by atoms with van der Waals surface area (Å²) in [5.74, 6) is -0.187. The van der Waals surface area contributed by atoms with Gasteiger partial charge in [0.15, 0.2) is 11.4 Å². The first-order valence-electron chi connectivity index (χ1n) is 8.62. The highest BCUT2D eigenvalue weighted by Crippen LogP contribution is 2.37. The first-order valence-corrected chi connectivity index (χ1v) is 8.62. The summed E-state index contributed by atoms with van der Waals surface area (Å²) in [4.78, 5) is 35.6. The summed E-state index contributed by atoms with van der Waals surface area (Å²) in [6, 6.07) is 8.90. The third kappa shape index (κ3) is 5.12. The Morgan fingerprint density at radius 1 is 1.17 bits per heavy atom. The van der Waals surface area contributed by atoms with Gasteiger partial charge in [-0.15, -0.1) is 10.2 Å². The summed E-state index contributed by atoms with van der Waals surface area (Å²) in [5.41, 5.74) is 1.18. The van der Waals surface area contributed by atoms with Gasteiger partial charge in [0.05, 0.1) is 17.7 Å². The van der Waals surface area contributed by atoms with Gasteiger partial charge in [0, 0.05) is 25.6 Å². The summed E-state index contributed by atoms with van der Waals surface area (Å²) in [6.07, 6.45) is -0.979. The number of nitro benzene ring substituents is 1. The largest absolute Gasteiger partial charge is 0.513 e. The van der Waals surface area contributed by atoms with Crippen molar-refractivity contribution >= 4 is 34.8 Å². The van der Waals surface area contributed by atoms with Crippen molar-refractivity contribution in [2.45, 2.75) is 20.8 Å². The van der Waals surface area contributed by atoms with Gasteiger partial charge in [-0.05, 0) is 31.5 Å². The maximum absolute atomic E-state index is 11.9. The van der Waals surface area contributed by atoms with Crippen LogP contribution in [0.25, 0.3) is 0 Å². The molecule has 0 saturated heterocycles. The molecule has 0 N–H and O–H groups in total. The van der Waals surface area contributed by atoms with Gasteiger partial charge in [0.25, 0.3) is 5.69 Å². The molecule has 1 amide bonds. The molecule has 0 fully saturated rings. The van der Waals surface area contributed by atoms with Gasteiger partial charge in [-0.3, -0.25) is 14.9 Å². The van der Waals surface area contributed by atoms with Crippen LogP contribution >= 0.6 is 0 Å². The van der Waals surface area contributed by atoms with Crippen molar-refractivity contribution in [1.82, 2.24) is 0 Å². The molecular formula is C19H20N4O6. The van der Waals surface area contributed by atoms with Gasteiger partial charge in [-0.2, -0.15) is 0 Å². The first kappa shape index (κ1) is 21.5. The number of benzene rings is 2. The van der Waals surface area contributed by atoms with Gasteiger partial charge in [0.2, 0.25) is 5.91 Å². The number of ether oxygens (including phenoxy) is 2. The molecule has 0 aliphatic rings. The smallest absolute Gasteiger partial charge is 0.437 e. The molecule has 0 heterocycles. The molecule has 0 bridgehead atoms. The number of nitro groups is 1. The maximum Gasteiger partial charge on any atom is 0.513 e. The minimum atomic E-state index is -0.979. The molecule has 2 aromatic rings. The Morgan fingerprint density at radius 3 is 2.41 bits per heavy atom. The molecule has 10 nitrogen and oxygen atoms in total. The summed E-state index contributed by atoms with van der Waals surface area (Å²) in [6.45, 7) is 5.40. The number of aryl methyl sites for hydroxylation is 1. The number of carbonyl (C=O) groups is 2. The van der Waals surface area contributed by atoms with Crippen LogP contribution in [0, 0.1) is 17.0 Å². The van der Waals surface area contributed by atoms with Gasteiger partial charge in [0.1, 0.15) is 5.69 Å². The predicted molar refractivity (Wildman–Crippen MR) is 105 cm³/mol. The standard InChI is InChI=1S/C19H20N4O6/c1-5-22(13(3)24)17-11-18(29-19(25)28-4)15(10-12(17)2)21-20-14-8-6-7-9-16(14)23(26)27/h6-11H,5H2,1-4H3. The van der Waals surface area contributed by atoms with Gasteiger partial charge >= 0.3 is 6.16 Å². The molecule has 0 aliphatic carbocycles. The second-order valence-electron chi connectivity index (χ2n) is 5.87. The Bertz CT molecular complexity index is 973. The lowest BCUT2D eigenvalue weighted by atomic mass is 10.1. The summed E-state index contributed by atoms with van der Waals surface area (Å²) < 4.78 is 9.67. The van der Waals surface area contributed by atoms with Crippen LogP contribution in [0.2, 0.25) is 0 Å². The van der Waals surface area contributed by atoms with Gasteiger partial charge in [-0.1, -0.05) is 12.1 Å². The lowest BCUT2D eigenvalue weighted by Gasteiger charge is -2.22. The van der Waals surface area contributed by atoms with Crippen molar-refractivity contribution in [3.8, 4) is 5.75 Å². The molecule has 2 rings (SSSR count). The van der Waals surface area contributed by atoms with Crippen molar-refractivity contribution in [2.75, 3.05) is 18.6 Å². The molecule has 0 spiro atoms. The van der Waals surface area contributed by atoms with Crippen molar-refractivity contribution in [1.29, 1.82) is 0 Å². The van der Waals surface area contributed by atoms with E-state index in [1.54, 1.807) is 19.1 Å². The van der Waals surface area contributed by atoms with Crippen LogP contribution in [0.1, 0.15) is 19.4 Å². The average Bonchev–Trinajstić information content (AvgIpc) is 2.69. The van der Waals surface area contributed by atoms with E-state index in [0.717, 1.165) is 7.11 Å². The monoisotopic (exact) mass is 400 g/mol. The zero-order valence-corrected chi connectivity index (χ0v) is 16.4. The molecule has 0 unspecified atom stereocenters. The van der Waals surface area contributed by atoms with Crippen LogP contribution in [0.5, 0.6) is 5.75 Å². The number of methoxy groups -OCH3 is 1. The van der Waals surface area contributed by atoms with Crippen molar-refractivity contribution < 1.29 is 24.0 Å². The number of azo groups is 1. The Balaban J connectivity index is 2.55. The molecule has 0 aromatic heterocycles. The number of hydrogen-bond acceptors (Lipinski definition) is 8. The number of carbonyl (C=O) groups excluding carboxylic acids is 2. The molecule has 152 valence electrons. The molecular weight excluding hydrogens is 380 g/mol. The topological polar surface area (TPSA) is 124 Å². The number of amides is 1. The number of hydrogen-bond donors (Lipinski definition) is 0. The van der Waals surface area contributed by atoms with E-state index in [0.29, 0.717) is 17.8 Å². The lowest BCUT2D eigenvalue weighted by molar-refractivity contribution is -0.384. The van der Waals surface area contributed by atoms with Crippen molar-refractivity contribution in [2.24, 2.45) is 10.2 Å². The van der Waals surface area contributed by atoms with E-state index in [9.17, 15) is 19.7 Å². The predicted octanol–water partition coefficient (Wildman–Crippen LogP) is 4.84. The number of nitrogens with zero attached hydrogens (tertiary/aromatic N) is 4. The highest BCUT2D eigenvalue weighted by Gasteiger charge is 2.19. The zero-order valence-electron chi connectivity index (χ0n) is 16.4. The minimum absolute atomic E-state index is 0.000478. The number of anilines is 1. The maximum atomic E-state index is 11.9. The van der Waals surface area contributed by atoms with E-state index in [2.05, 4.69) is 15.0 Å². The highest BCUT2D eigenvalue weighted by atomic mass is 16.7. The summed E-state index contributed by atoms with van der Waals surface area (Å²) >= 11 is 0. The zero-order chi connectivity index (χ0) is 21.6. The van der Waals surface area contributed by atoms with Crippen LogP contribution < -0.4 is 9.64 Å². The first-order chi connectivity index (χ1) is 13.8. The van der Waals surface area contributed by atoms with E-state index in [1.807, 2.05) is 6.92 Å². The van der Waals surface area contributed by atoms with E-state index in [-0.39, 0.29) is 28.7 Å². The van der Waals surface area contributed by atoms with Gasteiger partial charge in [-0.25, -0.2) is 4.79 Å². The molecule has 0 aliphatic heterocycles. The van der Waals surface area contributed by atoms with Gasteiger partial charge < -0.3 is 14.4 Å². The Morgan fingerprint density at radius 2 is 1.83 bits per heavy atom. The number of para-hydroxylation sites is 1. The fourth-order valence-corrected chi connectivity index (χ4v) is 2.62. The van der Waals surface area contributed by atoms with E-state index >= 15 is 0 Å². The van der Waals surface area contributed by atoms with Crippen LogP contribution in [0.3, 0.4) is 0 Å². The van der Waals surface area contributed by atoms with Crippen molar-refractivity contribution in [3.05, 3.63) is 52.1 Å². The van der Waals surface area contributed by atoms with E-state index in [1.165, 1.54) is 36.1 Å². The average molecular weight is 400 g/mol. The minimum Gasteiger partial charge on any atom is -0.437 e. The fraction of sp³-hybridized carbons (Fsp3) is 0.263. The van der Waals surface area contributed by atoms with Crippen LogP contribution in [0.4, 0.5) is 27.5 Å². The molecule has 0 radical (unpaired) electrons. The van der Waals surface area contributed by atoms with Crippen molar-refractivity contribution in [3.63, 3.8) is 0 Å². The molecule has 10 heteroatoms. The fourth-order valence-electron chi connectivity index (χ4n) is 2.62. The SMILES string of the molecule is CCN(C(C)=O)c1cc(OC(=O)OC)c(N=Nc2ccccc2[N+](=O)[O-])cc1C. The third-order valence-corrected chi connectivity index (χ3v) is 3.97. The van der Waals surface area contributed by atoms with Crippen LogP contribution in [-0.4, -0.2) is 30.6 Å². The van der Waals surface area contributed by atoms with E-state index < -0.39 is 11.1 Å². The van der Waals surface area contributed by atoms with Crippen LogP contribution in [0.15, 0.2) is 46.6 Å². The second kappa shape index (κ2) is 9.40. The van der Waals surface area contributed by atoms with Crippen LogP contribution in [-0.2, 0) is 9.53 Å². The van der Waals surface area contributed by atoms with E-state index in [4.69, 9.17) is 4.74 Å². The Labute approximate surface area is 166 Å². The molecule has 0 saturated carbocycles. The molecule has 29 heavy (non-hydrogen) atoms. The molecule has 2 aromatic carbocycles. The summed E-state index contributed by atoms with van der Waals surface area (Å²) in [7, 11) is 1.15. The quantitative estimate of drug-likeness (QED) is 0.225.